The minimum atomic E-state index is -0.742. The molecule has 2 unspecified atom stereocenters. The number of benzene rings is 1. The number of esters is 1. The number of rotatable bonds is 6. The van der Waals surface area contributed by atoms with Gasteiger partial charge in [-0.25, -0.2) is 4.79 Å². The first kappa shape index (κ1) is 14.1. The lowest BCUT2D eigenvalue weighted by Gasteiger charge is -2.16. The van der Waals surface area contributed by atoms with Crippen LogP contribution in [0.15, 0.2) is 30.3 Å². The van der Waals surface area contributed by atoms with Crippen molar-refractivity contribution in [1.82, 2.24) is 0 Å². The third kappa shape index (κ3) is 2.27. The molecule has 0 aromatic heterocycles. The summed E-state index contributed by atoms with van der Waals surface area (Å²) < 4.78 is 11.1. The molecule has 0 amide bonds. The van der Waals surface area contributed by atoms with Crippen molar-refractivity contribution in [3.05, 3.63) is 35.9 Å². The van der Waals surface area contributed by atoms with Gasteiger partial charge in [0.2, 0.25) is 0 Å². The van der Waals surface area contributed by atoms with Crippen LogP contribution >= 0.6 is 0 Å². The molecule has 2 atom stereocenters. The van der Waals surface area contributed by atoms with Gasteiger partial charge in [0.05, 0.1) is 6.61 Å². The van der Waals surface area contributed by atoms with Crippen molar-refractivity contribution in [2.24, 2.45) is 0 Å². The third-order valence-electron chi connectivity index (χ3n) is 4.07. The molecule has 1 aliphatic rings. The summed E-state index contributed by atoms with van der Waals surface area (Å²) in [5.41, 5.74) is 0.0622. The second-order valence-electron chi connectivity index (χ2n) is 5.01. The van der Waals surface area contributed by atoms with Gasteiger partial charge in [0.25, 0.3) is 0 Å². The normalized spacial score (nSPS) is 29.0. The Morgan fingerprint density at radius 1 is 1.16 bits per heavy atom. The van der Waals surface area contributed by atoms with Gasteiger partial charge in [-0.3, -0.25) is 0 Å². The molecule has 1 aromatic rings. The Bertz CT molecular complexity index is 443. The second kappa shape index (κ2) is 5.33. The number of carbonyl (C=O) groups excluding carboxylic acids is 1. The molecule has 3 nitrogen and oxygen atoms in total. The molecule has 0 N–H and O–H groups in total. The summed E-state index contributed by atoms with van der Waals surface area (Å²) in [7, 11) is 0. The highest BCUT2D eigenvalue weighted by atomic mass is 16.7. The molecular formula is C16H22O3. The summed E-state index contributed by atoms with van der Waals surface area (Å²) in [6.07, 6.45) is 2.23. The maximum absolute atomic E-state index is 12.2. The van der Waals surface area contributed by atoms with E-state index >= 15 is 0 Å². The molecule has 1 aliphatic heterocycles. The van der Waals surface area contributed by atoms with E-state index in [0.717, 1.165) is 12.8 Å². The van der Waals surface area contributed by atoms with Crippen molar-refractivity contribution in [2.75, 3.05) is 6.61 Å². The summed E-state index contributed by atoms with van der Waals surface area (Å²) >= 11 is 0. The van der Waals surface area contributed by atoms with Gasteiger partial charge in [0.1, 0.15) is 5.60 Å². The van der Waals surface area contributed by atoms with Crippen molar-refractivity contribution >= 4 is 5.97 Å². The first-order valence-electron chi connectivity index (χ1n) is 7.05. The van der Waals surface area contributed by atoms with E-state index in [1.165, 1.54) is 5.56 Å². The van der Waals surface area contributed by atoms with Crippen LogP contribution in [0.5, 0.6) is 0 Å². The first-order valence-corrected chi connectivity index (χ1v) is 7.05. The van der Waals surface area contributed by atoms with Gasteiger partial charge in [0.15, 0.2) is 5.60 Å². The smallest absolute Gasteiger partial charge is 0.341 e. The molecule has 0 aliphatic carbocycles. The van der Waals surface area contributed by atoms with Crippen LogP contribution in [-0.4, -0.2) is 23.8 Å². The highest BCUT2D eigenvalue weighted by Gasteiger charge is 2.73. The predicted molar refractivity (Wildman–Crippen MR) is 73.9 cm³/mol. The van der Waals surface area contributed by atoms with Crippen molar-refractivity contribution < 1.29 is 14.3 Å². The van der Waals surface area contributed by atoms with E-state index in [9.17, 15) is 4.79 Å². The molecule has 0 spiro atoms. The van der Waals surface area contributed by atoms with Crippen LogP contribution in [0.25, 0.3) is 0 Å². The van der Waals surface area contributed by atoms with E-state index in [-0.39, 0.29) is 5.97 Å². The minimum Gasteiger partial charge on any atom is -0.464 e. The molecule has 1 fully saturated rings. The Hall–Kier alpha value is -1.35. The zero-order valence-electron chi connectivity index (χ0n) is 11.9. The van der Waals surface area contributed by atoms with Crippen LogP contribution in [0, 0.1) is 0 Å². The van der Waals surface area contributed by atoms with Crippen molar-refractivity contribution in [3.8, 4) is 0 Å². The minimum absolute atomic E-state index is 0.213. The summed E-state index contributed by atoms with van der Waals surface area (Å²) in [4.78, 5) is 12.2. The van der Waals surface area contributed by atoms with Gasteiger partial charge < -0.3 is 9.47 Å². The summed E-state index contributed by atoms with van der Waals surface area (Å²) in [5.74, 6) is -0.213. The standard InChI is InChI=1S/C16H22O3/c1-4-15(12-13-10-8-7-9-11-13)16(5-2,19-15)14(17)18-6-3/h7-11H,4-6,12H2,1-3H3. The number of epoxide rings is 1. The van der Waals surface area contributed by atoms with Crippen molar-refractivity contribution in [1.29, 1.82) is 0 Å². The molecule has 3 heteroatoms. The topological polar surface area (TPSA) is 38.8 Å². The van der Waals surface area contributed by atoms with E-state index in [2.05, 4.69) is 19.1 Å². The van der Waals surface area contributed by atoms with Crippen LogP contribution in [0.1, 0.15) is 39.2 Å². The molecule has 0 radical (unpaired) electrons. The Kier molecular flexibility index (Phi) is 3.95. The molecule has 2 rings (SSSR count). The fourth-order valence-corrected chi connectivity index (χ4v) is 2.91. The van der Waals surface area contributed by atoms with Crippen LogP contribution in [-0.2, 0) is 20.7 Å². The molecule has 1 saturated heterocycles. The maximum Gasteiger partial charge on any atom is 0.341 e. The van der Waals surface area contributed by atoms with Crippen LogP contribution in [0.3, 0.4) is 0 Å². The fraction of sp³-hybridized carbons (Fsp3) is 0.562. The first-order chi connectivity index (χ1) is 9.14. The number of hydrogen-bond acceptors (Lipinski definition) is 3. The fourth-order valence-electron chi connectivity index (χ4n) is 2.91. The average molecular weight is 262 g/mol. The highest BCUT2D eigenvalue weighted by Crippen LogP contribution is 2.55. The van der Waals surface area contributed by atoms with Gasteiger partial charge in [0, 0.05) is 6.42 Å². The zero-order chi connectivity index (χ0) is 13.9. The van der Waals surface area contributed by atoms with Crippen LogP contribution < -0.4 is 0 Å². The summed E-state index contributed by atoms with van der Waals surface area (Å²) in [5, 5.41) is 0. The lowest BCUT2D eigenvalue weighted by Crippen LogP contribution is -2.36. The Labute approximate surface area is 114 Å². The molecule has 19 heavy (non-hydrogen) atoms. The number of ether oxygens (including phenoxy) is 2. The molecular weight excluding hydrogens is 240 g/mol. The third-order valence-corrected chi connectivity index (χ3v) is 4.07. The Balaban J connectivity index is 2.19. The summed E-state index contributed by atoms with van der Waals surface area (Å²) in [6.45, 7) is 6.28. The lowest BCUT2D eigenvalue weighted by atomic mass is 9.83. The van der Waals surface area contributed by atoms with E-state index in [1.54, 1.807) is 0 Å². The van der Waals surface area contributed by atoms with Crippen molar-refractivity contribution in [2.45, 2.75) is 51.2 Å². The monoisotopic (exact) mass is 262 g/mol. The highest BCUT2D eigenvalue weighted by molar-refractivity contribution is 5.85. The molecule has 1 aromatic carbocycles. The molecule has 0 bridgehead atoms. The van der Waals surface area contributed by atoms with Crippen molar-refractivity contribution in [3.63, 3.8) is 0 Å². The van der Waals surface area contributed by atoms with Crippen LogP contribution in [0.4, 0.5) is 0 Å². The van der Waals surface area contributed by atoms with Crippen LogP contribution in [0.2, 0.25) is 0 Å². The second-order valence-corrected chi connectivity index (χ2v) is 5.01. The zero-order valence-corrected chi connectivity index (χ0v) is 11.9. The lowest BCUT2D eigenvalue weighted by molar-refractivity contribution is -0.149. The average Bonchev–Trinajstić information content (AvgIpc) is 3.10. The van der Waals surface area contributed by atoms with Gasteiger partial charge in [-0.15, -0.1) is 0 Å². The number of carbonyl (C=O) groups is 1. The quantitative estimate of drug-likeness (QED) is 0.584. The largest absolute Gasteiger partial charge is 0.464 e. The van der Waals surface area contributed by atoms with E-state index in [4.69, 9.17) is 9.47 Å². The Morgan fingerprint density at radius 2 is 1.84 bits per heavy atom. The van der Waals surface area contributed by atoms with Gasteiger partial charge in [-0.1, -0.05) is 44.2 Å². The maximum atomic E-state index is 12.2. The Morgan fingerprint density at radius 3 is 2.37 bits per heavy atom. The van der Waals surface area contributed by atoms with E-state index in [1.807, 2.05) is 32.0 Å². The van der Waals surface area contributed by atoms with Gasteiger partial charge in [-0.05, 0) is 25.3 Å². The van der Waals surface area contributed by atoms with E-state index < -0.39 is 11.2 Å². The van der Waals surface area contributed by atoms with Gasteiger partial charge >= 0.3 is 5.97 Å². The SMILES string of the molecule is CCOC(=O)C1(CC)OC1(CC)Cc1ccccc1. The molecule has 1 heterocycles. The number of hydrogen-bond donors (Lipinski definition) is 0. The van der Waals surface area contributed by atoms with Gasteiger partial charge in [-0.2, -0.15) is 0 Å². The predicted octanol–water partition coefficient (Wildman–Crippen LogP) is 3.12. The molecule has 0 saturated carbocycles. The summed E-state index contributed by atoms with van der Waals surface area (Å²) in [6, 6.07) is 10.2. The molecule has 104 valence electrons. The van der Waals surface area contributed by atoms with E-state index in [0.29, 0.717) is 13.0 Å².